The molecule has 2 aromatic carbocycles. The second kappa shape index (κ2) is 7.83. The van der Waals surface area contributed by atoms with Crippen LogP contribution in [0.2, 0.25) is 0 Å². The first-order valence-corrected chi connectivity index (χ1v) is 9.27. The largest absolute Gasteiger partial charge is 0.497 e. The summed E-state index contributed by atoms with van der Waals surface area (Å²) in [6, 6.07) is 10.2. The zero-order valence-electron chi connectivity index (χ0n) is 16.2. The minimum atomic E-state index is -0.350. The minimum absolute atomic E-state index is 0.0691. The SMILES string of the molecule is COc1ccc(NC(=O)COc2ccc3nc4n(c(=O)c3c2)CCC4)c(OC)c1. The fraction of sp³-hybridized carbons (Fsp3) is 0.286. The molecule has 0 spiro atoms. The first-order chi connectivity index (χ1) is 14.1. The number of anilines is 1. The Labute approximate surface area is 167 Å². The monoisotopic (exact) mass is 395 g/mol. The maximum absolute atomic E-state index is 12.6. The molecule has 0 fully saturated rings. The average molecular weight is 395 g/mol. The van der Waals surface area contributed by atoms with Crippen molar-refractivity contribution in [1.29, 1.82) is 0 Å². The van der Waals surface area contributed by atoms with Gasteiger partial charge in [-0.05, 0) is 36.8 Å². The number of aromatic nitrogens is 2. The number of fused-ring (bicyclic) bond motifs is 2. The molecule has 0 unspecified atom stereocenters. The van der Waals surface area contributed by atoms with Crippen LogP contribution in [-0.2, 0) is 17.8 Å². The van der Waals surface area contributed by atoms with Crippen LogP contribution < -0.4 is 25.1 Å². The summed E-state index contributed by atoms with van der Waals surface area (Å²) in [5, 5.41) is 3.23. The molecule has 0 radical (unpaired) electrons. The molecule has 0 aliphatic carbocycles. The summed E-state index contributed by atoms with van der Waals surface area (Å²) in [5.74, 6) is 2.02. The van der Waals surface area contributed by atoms with Crippen LogP contribution in [0.3, 0.4) is 0 Å². The molecule has 0 bridgehead atoms. The van der Waals surface area contributed by atoms with Gasteiger partial charge in [0.15, 0.2) is 6.61 Å². The maximum atomic E-state index is 12.6. The van der Waals surface area contributed by atoms with E-state index in [0.717, 1.165) is 18.7 Å². The van der Waals surface area contributed by atoms with Gasteiger partial charge in [-0.25, -0.2) is 4.98 Å². The minimum Gasteiger partial charge on any atom is -0.497 e. The van der Waals surface area contributed by atoms with Crippen molar-refractivity contribution >= 4 is 22.5 Å². The molecular formula is C21H21N3O5. The molecule has 0 saturated heterocycles. The van der Waals surface area contributed by atoms with Gasteiger partial charge in [-0.2, -0.15) is 0 Å². The van der Waals surface area contributed by atoms with Gasteiger partial charge in [0.2, 0.25) is 0 Å². The van der Waals surface area contributed by atoms with E-state index in [2.05, 4.69) is 10.3 Å². The Kier molecular flexibility index (Phi) is 5.07. The second-order valence-electron chi connectivity index (χ2n) is 6.67. The summed E-state index contributed by atoms with van der Waals surface area (Å²) in [5.41, 5.74) is 1.08. The molecule has 150 valence electrons. The molecule has 1 N–H and O–H groups in total. The molecule has 8 nitrogen and oxygen atoms in total. The summed E-state index contributed by atoms with van der Waals surface area (Å²) < 4.78 is 17.7. The highest BCUT2D eigenvalue weighted by Crippen LogP contribution is 2.29. The summed E-state index contributed by atoms with van der Waals surface area (Å²) in [6.45, 7) is 0.481. The highest BCUT2D eigenvalue weighted by molar-refractivity contribution is 5.93. The average Bonchev–Trinajstić information content (AvgIpc) is 3.21. The van der Waals surface area contributed by atoms with Gasteiger partial charge in [0.25, 0.3) is 11.5 Å². The number of nitrogens with zero attached hydrogens (tertiary/aromatic N) is 2. The van der Waals surface area contributed by atoms with Gasteiger partial charge < -0.3 is 19.5 Å². The molecule has 1 aromatic heterocycles. The Morgan fingerprint density at radius 3 is 2.76 bits per heavy atom. The summed E-state index contributed by atoms with van der Waals surface area (Å²) in [6.07, 6.45) is 1.75. The number of carbonyl (C=O) groups is 1. The van der Waals surface area contributed by atoms with Crippen molar-refractivity contribution in [3.05, 3.63) is 52.6 Å². The number of benzene rings is 2. The van der Waals surface area contributed by atoms with E-state index in [-0.39, 0.29) is 18.1 Å². The highest BCUT2D eigenvalue weighted by atomic mass is 16.5. The Hall–Kier alpha value is -3.55. The normalized spacial score (nSPS) is 12.5. The Morgan fingerprint density at radius 1 is 1.14 bits per heavy atom. The molecular weight excluding hydrogens is 374 g/mol. The van der Waals surface area contributed by atoms with Crippen molar-refractivity contribution in [1.82, 2.24) is 9.55 Å². The van der Waals surface area contributed by atoms with Crippen LogP contribution in [0, 0.1) is 0 Å². The predicted octanol–water partition coefficient (Wildman–Crippen LogP) is 2.38. The molecule has 0 saturated carbocycles. The molecule has 1 aliphatic rings. The summed E-state index contributed by atoms with van der Waals surface area (Å²) in [7, 11) is 3.07. The zero-order chi connectivity index (χ0) is 20.4. The van der Waals surface area contributed by atoms with Gasteiger partial charge in [0.1, 0.15) is 23.1 Å². The number of aryl methyl sites for hydroxylation is 1. The molecule has 1 amide bonds. The van der Waals surface area contributed by atoms with Crippen LogP contribution in [0.1, 0.15) is 12.2 Å². The van der Waals surface area contributed by atoms with Crippen molar-refractivity contribution < 1.29 is 19.0 Å². The Balaban J connectivity index is 1.47. The van der Waals surface area contributed by atoms with Crippen molar-refractivity contribution in [3.8, 4) is 17.2 Å². The lowest BCUT2D eigenvalue weighted by Gasteiger charge is -2.12. The summed E-state index contributed by atoms with van der Waals surface area (Å²) in [4.78, 5) is 29.5. The predicted molar refractivity (Wildman–Crippen MR) is 108 cm³/mol. The van der Waals surface area contributed by atoms with E-state index in [9.17, 15) is 9.59 Å². The van der Waals surface area contributed by atoms with Crippen molar-refractivity contribution in [3.63, 3.8) is 0 Å². The quantitative estimate of drug-likeness (QED) is 0.689. The van der Waals surface area contributed by atoms with E-state index in [1.807, 2.05) is 0 Å². The number of nitrogens with one attached hydrogen (secondary N) is 1. The van der Waals surface area contributed by atoms with E-state index < -0.39 is 0 Å². The van der Waals surface area contributed by atoms with Gasteiger partial charge in [0.05, 0.1) is 30.8 Å². The van der Waals surface area contributed by atoms with Gasteiger partial charge in [-0.15, -0.1) is 0 Å². The number of rotatable bonds is 6. The fourth-order valence-corrected chi connectivity index (χ4v) is 3.39. The third-order valence-electron chi connectivity index (χ3n) is 4.84. The maximum Gasteiger partial charge on any atom is 0.262 e. The third kappa shape index (κ3) is 3.73. The van der Waals surface area contributed by atoms with Crippen LogP contribution in [0.25, 0.3) is 10.9 Å². The lowest BCUT2D eigenvalue weighted by Crippen LogP contribution is -2.22. The van der Waals surface area contributed by atoms with Crippen LogP contribution >= 0.6 is 0 Å². The lowest BCUT2D eigenvalue weighted by atomic mass is 10.2. The topological polar surface area (TPSA) is 91.7 Å². The number of hydrogen-bond acceptors (Lipinski definition) is 6. The molecule has 3 aromatic rings. The number of methoxy groups -OCH3 is 2. The van der Waals surface area contributed by atoms with E-state index in [1.165, 1.54) is 7.11 Å². The standard InChI is InChI=1S/C21H21N3O5/c1-27-13-5-8-17(18(11-13)28-2)23-20(25)12-29-14-6-7-16-15(10-14)21(26)24-9-3-4-19(24)22-16/h5-8,10-11H,3-4,9,12H2,1-2H3,(H,23,25). The zero-order valence-corrected chi connectivity index (χ0v) is 16.2. The number of amides is 1. The van der Waals surface area contributed by atoms with Crippen molar-refractivity contribution in [2.24, 2.45) is 0 Å². The Morgan fingerprint density at radius 2 is 1.97 bits per heavy atom. The highest BCUT2D eigenvalue weighted by Gasteiger charge is 2.16. The van der Waals surface area contributed by atoms with Crippen molar-refractivity contribution in [2.45, 2.75) is 19.4 Å². The third-order valence-corrected chi connectivity index (χ3v) is 4.84. The molecule has 8 heteroatoms. The van der Waals surface area contributed by atoms with Crippen LogP contribution in [0.4, 0.5) is 5.69 Å². The first kappa shape index (κ1) is 18.8. The van der Waals surface area contributed by atoms with Crippen LogP contribution in [0.5, 0.6) is 17.2 Å². The number of hydrogen-bond donors (Lipinski definition) is 1. The first-order valence-electron chi connectivity index (χ1n) is 9.27. The van der Waals surface area contributed by atoms with E-state index in [4.69, 9.17) is 14.2 Å². The number of carbonyl (C=O) groups excluding carboxylic acids is 1. The molecule has 0 atom stereocenters. The van der Waals surface area contributed by atoms with Crippen molar-refractivity contribution in [2.75, 3.05) is 26.1 Å². The lowest BCUT2D eigenvalue weighted by molar-refractivity contribution is -0.118. The molecule has 1 aliphatic heterocycles. The second-order valence-corrected chi connectivity index (χ2v) is 6.67. The van der Waals surface area contributed by atoms with E-state index in [0.29, 0.717) is 40.4 Å². The van der Waals surface area contributed by atoms with Crippen LogP contribution in [0.15, 0.2) is 41.2 Å². The fourth-order valence-electron chi connectivity index (χ4n) is 3.39. The smallest absolute Gasteiger partial charge is 0.262 e. The summed E-state index contributed by atoms with van der Waals surface area (Å²) >= 11 is 0. The molecule has 29 heavy (non-hydrogen) atoms. The van der Waals surface area contributed by atoms with Gasteiger partial charge in [-0.1, -0.05) is 0 Å². The molecule has 4 rings (SSSR count). The molecule has 2 heterocycles. The number of ether oxygens (including phenoxy) is 3. The van der Waals surface area contributed by atoms with E-state index >= 15 is 0 Å². The van der Waals surface area contributed by atoms with Gasteiger partial charge >= 0.3 is 0 Å². The van der Waals surface area contributed by atoms with E-state index in [1.54, 1.807) is 48.1 Å². The Bertz CT molecular complexity index is 1140. The van der Waals surface area contributed by atoms with Gasteiger partial charge in [0, 0.05) is 19.0 Å². The van der Waals surface area contributed by atoms with Crippen LogP contribution in [-0.4, -0.2) is 36.3 Å². The van der Waals surface area contributed by atoms with Gasteiger partial charge in [-0.3, -0.25) is 14.2 Å².